The third kappa shape index (κ3) is 3.16. The molecule has 0 bridgehead atoms. The molecule has 0 aliphatic rings. The fraction of sp³-hybridized carbons (Fsp3) is 0.600. The Labute approximate surface area is 43.1 Å². The highest BCUT2D eigenvalue weighted by molar-refractivity contribution is 4.81. The first kappa shape index (κ1) is 6.34. The first-order chi connectivity index (χ1) is 3.31. The summed E-state index contributed by atoms with van der Waals surface area (Å²) in [5, 5.41) is 16.5. The van der Waals surface area contributed by atoms with E-state index in [2.05, 4.69) is 0 Å². The minimum Gasteiger partial charge on any atom is -0.512 e. The summed E-state index contributed by atoms with van der Waals surface area (Å²) in [4.78, 5) is 0. The topological polar surface area (TPSA) is 40.5 Å². The van der Waals surface area contributed by atoms with Gasteiger partial charge in [-0.1, -0.05) is 6.92 Å². The highest BCUT2D eigenvalue weighted by Gasteiger charge is 1.85. The molecule has 0 spiro atoms. The Balaban J connectivity index is 3.17. The standard InChI is InChI=1S/C5H10O2/c1-2-3-5(7)4-6/h4,6-7H,2-3H2,1H3/b5-4-. The van der Waals surface area contributed by atoms with Gasteiger partial charge in [0.05, 0.1) is 0 Å². The van der Waals surface area contributed by atoms with Crippen molar-refractivity contribution in [1.29, 1.82) is 0 Å². The molecule has 0 aliphatic carbocycles. The average molecular weight is 102 g/mol. The minimum absolute atomic E-state index is 0.0579. The molecule has 0 radical (unpaired) electrons. The van der Waals surface area contributed by atoms with Crippen LogP contribution in [-0.4, -0.2) is 10.2 Å². The molecular formula is C5H10O2. The van der Waals surface area contributed by atoms with Gasteiger partial charge in [-0.25, -0.2) is 0 Å². The van der Waals surface area contributed by atoms with Crippen LogP contribution in [0.25, 0.3) is 0 Å². The number of hydrogen-bond donors (Lipinski definition) is 2. The van der Waals surface area contributed by atoms with E-state index in [-0.39, 0.29) is 5.76 Å². The molecule has 0 aromatic heterocycles. The third-order valence-corrected chi connectivity index (χ3v) is 0.655. The van der Waals surface area contributed by atoms with Gasteiger partial charge in [0.15, 0.2) is 0 Å². The minimum atomic E-state index is 0.0579. The molecule has 0 aromatic carbocycles. The number of aliphatic hydroxyl groups excluding tert-OH is 2. The number of aliphatic hydroxyl groups is 2. The number of hydrogen-bond acceptors (Lipinski definition) is 2. The van der Waals surface area contributed by atoms with Crippen molar-refractivity contribution in [3.8, 4) is 0 Å². The van der Waals surface area contributed by atoms with Crippen molar-refractivity contribution in [2.75, 3.05) is 0 Å². The molecular weight excluding hydrogens is 92.1 g/mol. The van der Waals surface area contributed by atoms with Crippen molar-refractivity contribution >= 4 is 0 Å². The molecule has 0 atom stereocenters. The Morgan fingerprint density at radius 1 is 1.71 bits per heavy atom. The van der Waals surface area contributed by atoms with Gasteiger partial charge in [0.1, 0.15) is 12.0 Å². The maximum Gasteiger partial charge on any atom is 0.126 e. The van der Waals surface area contributed by atoms with Gasteiger partial charge in [-0.3, -0.25) is 0 Å². The van der Waals surface area contributed by atoms with E-state index in [1.54, 1.807) is 0 Å². The lowest BCUT2D eigenvalue weighted by molar-refractivity contribution is 0.343. The molecule has 0 heterocycles. The Kier molecular flexibility index (Phi) is 3.19. The van der Waals surface area contributed by atoms with Crippen LogP contribution in [-0.2, 0) is 0 Å². The summed E-state index contributed by atoms with van der Waals surface area (Å²) in [7, 11) is 0. The van der Waals surface area contributed by atoms with Gasteiger partial charge in [-0.05, 0) is 6.42 Å². The van der Waals surface area contributed by atoms with Crippen molar-refractivity contribution in [2.45, 2.75) is 19.8 Å². The van der Waals surface area contributed by atoms with Gasteiger partial charge < -0.3 is 10.2 Å². The lowest BCUT2D eigenvalue weighted by atomic mass is 10.3. The van der Waals surface area contributed by atoms with E-state index in [9.17, 15) is 0 Å². The van der Waals surface area contributed by atoms with Crippen LogP contribution < -0.4 is 0 Å². The molecule has 0 rings (SSSR count). The highest BCUT2D eigenvalue weighted by atomic mass is 16.3. The van der Waals surface area contributed by atoms with Crippen LogP contribution in [0.2, 0.25) is 0 Å². The Morgan fingerprint density at radius 3 is 2.43 bits per heavy atom. The fourth-order valence-electron chi connectivity index (χ4n) is 0.321. The third-order valence-electron chi connectivity index (χ3n) is 0.655. The molecule has 0 fully saturated rings. The molecule has 2 heteroatoms. The quantitative estimate of drug-likeness (QED) is 0.521. The SMILES string of the molecule is CCC/C(O)=C/O. The van der Waals surface area contributed by atoms with Gasteiger partial charge in [-0.2, -0.15) is 0 Å². The van der Waals surface area contributed by atoms with Crippen molar-refractivity contribution in [3.05, 3.63) is 12.0 Å². The van der Waals surface area contributed by atoms with E-state index >= 15 is 0 Å². The van der Waals surface area contributed by atoms with Crippen LogP contribution in [0.1, 0.15) is 19.8 Å². The summed E-state index contributed by atoms with van der Waals surface area (Å²) in [6, 6.07) is 0. The fourth-order valence-corrected chi connectivity index (χ4v) is 0.321. The second kappa shape index (κ2) is 3.53. The van der Waals surface area contributed by atoms with Crippen LogP contribution in [0.15, 0.2) is 12.0 Å². The predicted molar refractivity (Wildman–Crippen MR) is 28.2 cm³/mol. The van der Waals surface area contributed by atoms with Gasteiger partial charge >= 0.3 is 0 Å². The highest BCUT2D eigenvalue weighted by Crippen LogP contribution is 1.96. The summed E-state index contributed by atoms with van der Waals surface area (Å²) in [6.45, 7) is 1.93. The number of allylic oxidation sites excluding steroid dienone is 1. The largest absolute Gasteiger partial charge is 0.512 e. The van der Waals surface area contributed by atoms with E-state index in [0.717, 1.165) is 12.7 Å². The van der Waals surface area contributed by atoms with Crippen molar-refractivity contribution in [2.24, 2.45) is 0 Å². The summed E-state index contributed by atoms with van der Waals surface area (Å²) >= 11 is 0. The number of rotatable bonds is 2. The van der Waals surface area contributed by atoms with Gasteiger partial charge in [0, 0.05) is 6.42 Å². The predicted octanol–water partition coefficient (Wildman–Crippen LogP) is 1.74. The molecule has 0 amide bonds. The van der Waals surface area contributed by atoms with E-state index in [0.29, 0.717) is 6.42 Å². The zero-order valence-electron chi connectivity index (χ0n) is 4.39. The Bertz CT molecular complexity index is 66.5. The monoisotopic (exact) mass is 102 g/mol. The molecule has 0 unspecified atom stereocenters. The lowest BCUT2D eigenvalue weighted by Gasteiger charge is -1.89. The second-order valence-corrected chi connectivity index (χ2v) is 1.37. The normalized spacial score (nSPS) is 11.9. The molecule has 0 saturated carbocycles. The van der Waals surface area contributed by atoms with Gasteiger partial charge in [0.25, 0.3) is 0 Å². The van der Waals surface area contributed by atoms with Crippen LogP contribution in [0.3, 0.4) is 0 Å². The second-order valence-electron chi connectivity index (χ2n) is 1.37. The maximum absolute atomic E-state index is 8.47. The van der Waals surface area contributed by atoms with Crippen LogP contribution in [0.4, 0.5) is 0 Å². The Morgan fingerprint density at radius 2 is 2.29 bits per heavy atom. The molecule has 2 N–H and O–H groups in total. The molecule has 0 saturated heterocycles. The lowest BCUT2D eigenvalue weighted by Crippen LogP contribution is -1.76. The molecule has 0 aromatic rings. The Hall–Kier alpha value is -0.660. The smallest absolute Gasteiger partial charge is 0.126 e. The first-order valence-corrected chi connectivity index (χ1v) is 2.33. The maximum atomic E-state index is 8.47. The first-order valence-electron chi connectivity index (χ1n) is 2.33. The summed E-state index contributed by atoms with van der Waals surface area (Å²) in [6.07, 6.45) is 2.16. The van der Waals surface area contributed by atoms with E-state index in [1.807, 2.05) is 6.92 Å². The van der Waals surface area contributed by atoms with Gasteiger partial charge in [0.2, 0.25) is 0 Å². The van der Waals surface area contributed by atoms with Crippen LogP contribution in [0.5, 0.6) is 0 Å². The zero-order valence-corrected chi connectivity index (χ0v) is 4.39. The van der Waals surface area contributed by atoms with Crippen molar-refractivity contribution in [3.63, 3.8) is 0 Å². The molecule has 7 heavy (non-hydrogen) atoms. The van der Waals surface area contributed by atoms with Crippen LogP contribution in [0, 0.1) is 0 Å². The average Bonchev–Trinajstić information content (AvgIpc) is 1.68. The van der Waals surface area contributed by atoms with Crippen LogP contribution >= 0.6 is 0 Å². The summed E-state index contributed by atoms with van der Waals surface area (Å²) in [5.41, 5.74) is 0. The zero-order chi connectivity index (χ0) is 5.70. The van der Waals surface area contributed by atoms with Crippen molar-refractivity contribution in [1.82, 2.24) is 0 Å². The summed E-state index contributed by atoms with van der Waals surface area (Å²) < 4.78 is 0. The van der Waals surface area contributed by atoms with Gasteiger partial charge in [-0.15, -0.1) is 0 Å². The van der Waals surface area contributed by atoms with E-state index < -0.39 is 0 Å². The molecule has 0 aliphatic heterocycles. The summed E-state index contributed by atoms with van der Waals surface area (Å²) in [5.74, 6) is 0.0579. The van der Waals surface area contributed by atoms with E-state index in [1.165, 1.54) is 0 Å². The molecule has 2 nitrogen and oxygen atoms in total. The van der Waals surface area contributed by atoms with E-state index in [4.69, 9.17) is 10.2 Å². The molecule has 42 valence electrons. The van der Waals surface area contributed by atoms with Crippen molar-refractivity contribution < 1.29 is 10.2 Å².